The summed E-state index contributed by atoms with van der Waals surface area (Å²) < 4.78 is 0. The first kappa shape index (κ1) is 13.4. The van der Waals surface area contributed by atoms with Crippen LogP contribution in [0.2, 0.25) is 0 Å². The number of nitrogens with zero attached hydrogens (tertiary/aromatic N) is 1. The first-order chi connectivity index (χ1) is 7.32. The normalized spacial score (nSPS) is 32.3. The van der Waals surface area contributed by atoms with Crippen LogP contribution >= 0.6 is 0 Å². The van der Waals surface area contributed by atoms with E-state index in [-0.39, 0.29) is 22.8 Å². The van der Waals surface area contributed by atoms with Crippen molar-refractivity contribution >= 4 is 6.21 Å². The molecule has 1 heterocycles. The molecule has 0 fully saturated rings. The number of aliphatic imine (C=N–C) groups is 1. The van der Waals surface area contributed by atoms with Crippen LogP contribution in [-0.2, 0) is 17.4 Å². The van der Waals surface area contributed by atoms with Gasteiger partial charge in [-0.2, -0.15) is 12.8 Å². The van der Waals surface area contributed by atoms with Gasteiger partial charge in [0.05, 0.1) is 0 Å². The number of rotatable bonds is 0. The third kappa shape index (κ3) is 1.71. The van der Waals surface area contributed by atoms with Crippen LogP contribution in [0.15, 0.2) is 41.1 Å². The Morgan fingerprint density at radius 3 is 3.00 bits per heavy atom. The van der Waals surface area contributed by atoms with Gasteiger partial charge in [0.2, 0.25) is 0 Å². The Bertz CT molecular complexity index is 365. The SMILES string of the molecule is CC12C3=CC=CCC1C=C[C-]2C=N3.[CH2-]C.[Cr+2]. The zero-order chi connectivity index (χ0) is 10.9. The third-order valence-electron chi connectivity index (χ3n) is 3.50. The molecule has 2 atom stereocenters. The first-order valence-electron chi connectivity index (χ1n) is 5.49. The molecule has 0 N–H and O–H groups in total. The molecule has 0 aromatic carbocycles. The average Bonchev–Trinajstić information content (AvgIpc) is 2.68. The van der Waals surface area contributed by atoms with Crippen LogP contribution in [0.1, 0.15) is 20.3 Å². The van der Waals surface area contributed by atoms with Gasteiger partial charge in [-0.15, -0.1) is 0 Å². The Morgan fingerprint density at radius 1 is 1.50 bits per heavy atom. The molecule has 0 bridgehead atoms. The molecule has 84 valence electrons. The zero-order valence-electron chi connectivity index (χ0n) is 9.81. The van der Waals surface area contributed by atoms with Gasteiger partial charge in [0.15, 0.2) is 0 Å². The molecule has 1 nitrogen and oxygen atoms in total. The van der Waals surface area contributed by atoms with E-state index in [2.05, 4.69) is 49.2 Å². The van der Waals surface area contributed by atoms with Crippen molar-refractivity contribution in [2.45, 2.75) is 20.3 Å². The fourth-order valence-electron chi connectivity index (χ4n) is 2.50. The minimum absolute atomic E-state index is 0. The van der Waals surface area contributed by atoms with Gasteiger partial charge in [0.1, 0.15) is 0 Å². The fraction of sp³-hybridized carbons (Fsp3) is 0.357. The molecule has 1 aliphatic heterocycles. The van der Waals surface area contributed by atoms with E-state index < -0.39 is 0 Å². The smallest absolute Gasteiger partial charge is 0.346 e. The maximum atomic E-state index is 4.47. The maximum Gasteiger partial charge on any atom is 2.00 e. The second kappa shape index (κ2) is 5.08. The predicted molar refractivity (Wildman–Crippen MR) is 65.3 cm³/mol. The Balaban J connectivity index is 0.000000406. The molecule has 0 amide bonds. The molecule has 0 saturated carbocycles. The van der Waals surface area contributed by atoms with Crippen LogP contribution in [0.5, 0.6) is 0 Å². The molecular weight excluding hydrogens is 234 g/mol. The second-order valence-corrected chi connectivity index (χ2v) is 4.10. The largest absolute Gasteiger partial charge is 2.00 e. The van der Waals surface area contributed by atoms with Gasteiger partial charge in [-0.05, 0) is 24.1 Å². The molecule has 3 rings (SSSR count). The molecule has 16 heavy (non-hydrogen) atoms. The summed E-state index contributed by atoms with van der Waals surface area (Å²) in [6.07, 6.45) is 14.2. The molecule has 0 radical (unpaired) electrons. The van der Waals surface area contributed by atoms with E-state index in [0.717, 1.165) is 6.42 Å². The molecule has 2 unspecified atom stereocenters. The van der Waals surface area contributed by atoms with Gasteiger partial charge in [-0.3, -0.25) is 4.99 Å². The molecule has 2 heteroatoms. The second-order valence-electron chi connectivity index (χ2n) is 4.10. The van der Waals surface area contributed by atoms with Crippen LogP contribution in [0.3, 0.4) is 0 Å². The van der Waals surface area contributed by atoms with Crippen LogP contribution < -0.4 is 0 Å². The summed E-state index contributed by atoms with van der Waals surface area (Å²) >= 11 is 0. The fourth-order valence-corrected chi connectivity index (χ4v) is 2.50. The van der Waals surface area contributed by atoms with Crippen LogP contribution in [-0.4, -0.2) is 6.21 Å². The Labute approximate surface area is 109 Å². The van der Waals surface area contributed by atoms with Gasteiger partial charge < -0.3 is 6.92 Å². The van der Waals surface area contributed by atoms with E-state index >= 15 is 0 Å². The summed E-state index contributed by atoms with van der Waals surface area (Å²) in [5.41, 5.74) is 1.41. The van der Waals surface area contributed by atoms with Crippen molar-refractivity contribution in [3.05, 3.63) is 48.9 Å². The summed E-state index contributed by atoms with van der Waals surface area (Å²) in [6.45, 7) is 7.30. The standard InChI is InChI=1S/C12H12N.C2H5.Cr/c1-12-9-4-2-3-5-11(12)13-8-10(12)7-6-9;1-2;/h2-3,5-9H,4H2,1H3;1H2,2H3;/q2*-1;+2. The summed E-state index contributed by atoms with van der Waals surface area (Å²) in [5, 5.41) is 0. The summed E-state index contributed by atoms with van der Waals surface area (Å²) in [6, 6.07) is 0. The number of allylic oxidation sites excluding steroid dienone is 6. The quantitative estimate of drug-likeness (QED) is 0.584. The van der Waals surface area contributed by atoms with Crippen molar-refractivity contribution in [2.24, 2.45) is 16.3 Å². The average molecular weight is 251 g/mol. The Morgan fingerprint density at radius 2 is 2.25 bits per heavy atom. The van der Waals surface area contributed by atoms with E-state index in [9.17, 15) is 0 Å². The van der Waals surface area contributed by atoms with E-state index in [0.29, 0.717) is 5.92 Å². The van der Waals surface area contributed by atoms with Crippen molar-refractivity contribution in [1.29, 1.82) is 0 Å². The van der Waals surface area contributed by atoms with Crippen molar-refractivity contribution in [1.82, 2.24) is 0 Å². The third-order valence-corrected chi connectivity index (χ3v) is 3.50. The maximum absolute atomic E-state index is 4.47. The van der Waals surface area contributed by atoms with Crippen LogP contribution in [0.4, 0.5) is 0 Å². The van der Waals surface area contributed by atoms with E-state index in [1.54, 1.807) is 6.92 Å². The van der Waals surface area contributed by atoms with Gasteiger partial charge in [0, 0.05) is 5.70 Å². The number of hydrogen-bond acceptors (Lipinski definition) is 1. The molecule has 0 spiro atoms. The van der Waals surface area contributed by atoms with E-state index in [1.807, 2.05) is 6.21 Å². The van der Waals surface area contributed by atoms with Crippen molar-refractivity contribution in [2.75, 3.05) is 0 Å². The summed E-state index contributed by atoms with van der Waals surface area (Å²) in [7, 11) is 0. The van der Waals surface area contributed by atoms with Gasteiger partial charge in [-0.25, -0.2) is 12.2 Å². The van der Waals surface area contributed by atoms with E-state index in [4.69, 9.17) is 0 Å². The van der Waals surface area contributed by atoms with Crippen LogP contribution in [0, 0.1) is 24.2 Å². The van der Waals surface area contributed by atoms with Crippen molar-refractivity contribution in [3.63, 3.8) is 0 Å². The monoisotopic (exact) mass is 251 g/mol. The molecule has 0 saturated heterocycles. The molecular formula is C14H17CrN. The van der Waals surface area contributed by atoms with Crippen molar-refractivity contribution in [3.8, 4) is 0 Å². The minimum Gasteiger partial charge on any atom is -0.346 e. The first-order valence-corrected chi connectivity index (χ1v) is 5.49. The molecule has 0 aromatic rings. The van der Waals surface area contributed by atoms with E-state index in [1.165, 1.54) is 11.6 Å². The predicted octanol–water partition coefficient (Wildman–Crippen LogP) is 3.52. The summed E-state index contributed by atoms with van der Waals surface area (Å²) in [4.78, 5) is 4.47. The molecule has 0 aromatic heterocycles. The van der Waals surface area contributed by atoms with Gasteiger partial charge in [0.25, 0.3) is 0 Å². The van der Waals surface area contributed by atoms with Gasteiger partial charge >= 0.3 is 17.4 Å². The topological polar surface area (TPSA) is 12.4 Å². The summed E-state index contributed by atoms with van der Waals surface area (Å²) in [5.74, 6) is 2.00. The Hall–Kier alpha value is -0.708. The van der Waals surface area contributed by atoms with Gasteiger partial charge in [-0.1, -0.05) is 25.0 Å². The minimum atomic E-state index is 0. The van der Waals surface area contributed by atoms with Crippen molar-refractivity contribution < 1.29 is 17.4 Å². The molecule has 3 aliphatic rings. The Kier molecular flexibility index (Phi) is 4.24. The zero-order valence-corrected chi connectivity index (χ0v) is 11.1. The number of hydrogen-bond donors (Lipinski definition) is 0. The van der Waals surface area contributed by atoms with Crippen LogP contribution in [0.25, 0.3) is 0 Å². The molecule has 2 aliphatic carbocycles.